The van der Waals surface area contributed by atoms with Crippen LogP contribution in [0.3, 0.4) is 0 Å². The highest BCUT2D eigenvalue weighted by Crippen LogP contribution is 2.10. The minimum Gasteiger partial charge on any atom is -0.336 e. The zero-order valence-corrected chi connectivity index (χ0v) is 13.3. The van der Waals surface area contributed by atoms with E-state index in [0.717, 1.165) is 43.9 Å². The Morgan fingerprint density at radius 1 is 1.27 bits per heavy atom. The van der Waals surface area contributed by atoms with Crippen molar-refractivity contribution >= 4 is 18.3 Å². The van der Waals surface area contributed by atoms with Crippen LogP contribution in [0.5, 0.6) is 0 Å². The van der Waals surface area contributed by atoms with Crippen LogP contribution in [-0.2, 0) is 0 Å². The maximum atomic E-state index is 12.4. The molecule has 7 heteroatoms. The van der Waals surface area contributed by atoms with Crippen LogP contribution in [0.25, 0.3) is 5.69 Å². The lowest BCUT2D eigenvalue weighted by atomic mass is 10.2. The van der Waals surface area contributed by atoms with E-state index in [1.54, 1.807) is 10.9 Å². The highest BCUT2D eigenvalue weighted by Gasteiger charge is 2.20. The van der Waals surface area contributed by atoms with E-state index < -0.39 is 0 Å². The van der Waals surface area contributed by atoms with E-state index in [-0.39, 0.29) is 18.3 Å². The summed E-state index contributed by atoms with van der Waals surface area (Å²) < 4.78 is 1.65. The summed E-state index contributed by atoms with van der Waals surface area (Å²) in [5.41, 5.74) is 2.46. The summed E-state index contributed by atoms with van der Waals surface area (Å²) in [5, 5.41) is 11.4. The van der Waals surface area contributed by atoms with Crippen LogP contribution in [-0.4, -0.2) is 52.0 Å². The molecule has 22 heavy (non-hydrogen) atoms. The van der Waals surface area contributed by atoms with Gasteiger partial charge >= 0.3 is 0 Å². The summed E-state index contributed by atoms with van der Waals surface area (Å²) in [4.78, 5) is 14.3. The molecule has 1 amide bonds. The first-order valence-corrected chi connectivity index (χ1v) is 7.23. The molecule has 3 rings (SSSR count). The monoisotopic (exact) mass is 321 g/mol. The SMILES string of the molecule is Cc1cccc(-n2cc(C(=O)N3CCCNCC3)nn2)c1.Cl. The predicted octanol–water partition coefficient (Wildman–Crippen LogP) is 1.43. The van der Waals surface area contributed by atoms with Gasteiger partial charge in [-0.05, 0) is 37.6 Å². The van der Waals surface area contributed by atoms with Crippen LogP contribution >= 0.6 is 12.4 Å². The predicted molar refractivity (Wildman–Crippen MR) is 86.7 cm³/mol. The molecule has 0 unspecified atom stereocenters. The van der Waals surface area contributed by atoms with Crippen molar-refractivity contribution in [2.24, 2.45) is 0 Å². The second-order valence-corrected chi connectivity index (χ2v) is 5.28. The molecule has 1 aliphatic heterocycles. The van der Waals surface area contributed by atoms with Crippen LogP contribution in [0.4, 0.5) is 0 Å². The first kappa shape index (κ1) is 16.5. The molecule has 0 aliphatic carbocycles. The minimum atomic E-state index is -0.0439. The average molecular weight is 322 g/mol. The number of nitrogens with zero attached hydrogens (tertiary/aromatic N) is 4. The molecule has 0 atom stereocenters. The van der Waals surface area contributed by atoms with Crippen LogP contribution in [0.15, 0.2) is 30.5 Å². The Hall–Kier alpha value is -1.92. The molecule has 0 spiro atoms. The molecule has 1 N–H and O–H groups in total. The molecular weight excluding hydrogens is 302 g/mol. The van der Waals surface area contributed by atoms with E-state index in [2.05, 4.69) is 15.6 Å². The van der Waals surface area contributed by atoms with Crippen molar-refractivity contribution in [3.05, 3.63) is 41.7 Å². The second-order valence-electron chi connectivity index (χ2n) is 5.28. The number of benzene rings is 1. The Bertz CT molecular complexity index is 634. The number of aryl methyl sites for hydroxylation is 1. The van der Waals surface area contributed by atoms with Gasteiger partial charge in [0.25, 0.3) is 5.91 Å². The van der Waals surface area contributed by atoms with Crippen LogP contribution in [0.2, 0.25) is 0 Å². The van der Waals surface area contributed by atoms with Crippen molar-refractivity contribution < 1.29 is 4.79 Å². The second kappa shape index (κ2) is 7.38. The van der Waals surface area contributed by atoms with Crippen molar-refractivity contribution in [1.29, 1.82) is 0 Å². The number of amides is 1. The van der Waals surface area contributed by atoms with Gasteiger partial charge in [-0.15, -0.1) is 17.5 Å². The molecule has 1 aromatic heterocycles. The van der Waals surface area contributed by atoms with Gasteiger partial charge in [-0.2, -0.15) is 0 Å². The van der Waals surface area contributed by atoms with Crippen LogP contribution in [0, 0.1) is 6.92 Å². The van der Waals surface area contributed by atoms with Gasteiger partial charge in [-0.3, -0.25) is 4.79 Å². The van der Waals surface area contributed by atoms with Crippen molar-refractivity contribution in [3.8, 4) is 5.69 Å². The van der Waals surface area contributed by atoms with E-state index in [0.29, 0.717) is 5.69 Å². The molecule has 0 radical (unpaired) electrons. The molecule has 1 aromatic carbocycles. The van der Waals surface area contributed by atoms with E-state index in [1.165, 1.54) is 0 Å². The summed E-state index contributed by atoms with van der Waals surface area (Å²) >= 11 is 0. The molecule has 1 saturated heterocycles. The fraction of sp³-hybridized carbons (Fsp3) is 0.400. The number of nitrogens with one attached hydrogen (secondary N) is 1. The molecule has 6 nitrogen and oxygen atoms in total. The Balaban J connectivity index is 0.00000176. The van der Waals surface area contributed by atoms with Gasteiger partial charge in [0.2, 0.25) is 0 Å². The number of hydrogen-bond acceptors (Lipinski definition) is 4. The van der Waals surface area contributed by atoms with Gasteiger partial charge in [0.15, 0.2) is 5.69 Å². The van der Waals surface area contributed by atoms with Gasteiger partial charge in [0.1, 0.15) is 0 Å². The van der Waals surface area contributed by atoms with E-state index >= 15 is 0 Å². The third-order valence-corrected chi connectivity index (χ3v) is 3.61. The van der Waals surface area contributed by atoms with Crippen molar-refractivity contribution in [2.75, 3.05) is 26.2 Å². The largest absolute Gasteiger partial charge is 0.336 e. The lowest BCUT2D eigenvalue weighted by molar-refractivity contribution is 0.0760. The fourth-order valence-corrected chi connectivity index (χ4v) is 2.47. The lowest BCUT2D eigenvalue weighted by Gasteiger charge is -2.18. The lowest BCUT2D eigenvalue weighted by Crippen LogP contribution is -2.34. The summed E-state index contributed by atoms with van der Waals surface area (Å²) in [7, 11) is 0. The molecule has 1 fully saturated rings. The molecule has 2 aromatic rings. The third-order valence-electron chi connectivity index (χ3n) is 3.61. The van der Waals surface area contributed by atoms with Gasteiger partial charge in [-0.1, -0.05) is 17.3 Å². The summed E-state index contributed by atoms with van der Waals surface area (Å²) in [6.07, 6.45) is 2.67. The first-order chi connectivity index (χ1) is 10.2. The van der Waals surface area contributed by atoms with Crippen molar-refractivity contribution in [1.82, 2.24) is 25.2 Å². The normalized spacial score (nSPS) is 15.0. The van der Waals surface area contributed by atoms with Gasteiger partial charge < -0.3 is 10.2 Å². The van der Waals surface area contributed by atoms with Gasteiger partial charge in [-0.25, -0.2) is 4.68 Å². The number of carbonyl (C=O) groups is 1. The Kier molecular flexibility index (Phi) is 5.51. The molecular formula is C15H20ClN5O. The number of halogens is 1. The number of carbonyl (C=O) groups excluding carboxylic acids is 1. The number of rotatable bonds is 2. The van der Waals surface area contributed by atoms with E-state index in [4.69, 9.17) is 0 Å². The van der Waals surface area contributed by atoms with Crippen LogP contribution in [0.1, 0.15) is 22.5 Å². The molecule has 118 valence electrons. The topological polar surface area (TPSA) is 63.1 Å². The quantitative estimate of drug-likeness (QED) is 0.909. The molecule has 0 saturated carbocycles. The number of hydrogen-bond donors (Lipinski definition) is 1. The van der Waals surface area contributed by atoms with E-state index in [1.807, 2.05) is 36.1 Å². The maximum absolute atomic E-state index is 12.4. The van der Waals surface area contributed by atoms with Gasteiger partial charge in [0.05, 0.1) is 11.9 Å². The van der Waals surface area contributed by atoms with E-state index in [9.17, 15) is 4.79 Å². The standard InChI is InChI=1S/C15H19N5O.ClH/c1-12-4-2-5-13(10-12)20-11-14(17-18-20)15(21)19-8-3-6-16-7-9-19;/h2,4-5,10-11,16H,3,6-9H2,1H3;1H. The first-order valence-electron chi connectivity index (χ1n) is 7.23. The highest BCUT2D eigenvalue weighted by atomic mass is 35.5. The Labute approximate surface area is 135 Å². The number of aromatic nitrogens is 3. The minimum absolute atomic E-state index is 0. The summed E-state index contributed by atoms with van der Waals surface area (Å²) in [6, 6.07) is 7.95. The smallest absolute Gasteiger partial charge is 0.276 e. The van der Waals surface area contributed by atoms with Gasteiger partial charge in [0, 0.05) is 19.6 Å². The summed E-state index contributed by atoms with van der Waals surface area (Å²) in [5.74, 6) is -0.0439. The molecule has 1 aliphatic rings. The van der Waals surface area contributed by atoms with Crippen LogP contribution < -0.4 is 5.32 Å². The maximum Gasteiger partial charge on any atom is 0.276 e. The third kappa shape index (κ3) is 3.64. The average Bonchev–Trinajstić information content (AvgIpc) is 2.82. The Morgan fingerprint density at radius 2 is 2.14 bits per heavy atom. The Morgan fingerprint density at radius 3 is 2.95 bits per heavy atom. The van der Waals surface area contributed by atoms with Crippen molar-refractivity contribution in [3.63, 3.8) is 0 Å². The zero-order chi connectivity index (χ0) is 14.7. The fourth-order valence-electron chi connectivity index (χ4n) is 2.47. The molecule has 0 bridgehead atoms. The summed E-state index contributed by atoms with van der Waals surface area (Å²) in [6.45, 7) is 5.30. The highest BCUT2D eigenvalue weighted by molar-refractivity contribution is 5.92. The van der Waals surface area contributed by atoms with Crippen molar-refractivity contribution in [2.45, 2.75) is 13.3 Å². The molecule has 2 heterocycles. The zero-order valence-electron chi connectivity index (χ0n) is 12.5.